The molecule has 0 aromatic carbocycles. The summed E-state index contributed by atoms with van der Waals surface area (Å²) in [5.41, 5.74) is 0.262. The number of carboxylic acids is 1. The molecule has 1 unspecified atom stereocenters. The van der Waals surface area contributed by atoms with Crippen molar-refractivity contribution in [1.29, 1.82) is 0 Å². The molecule has 0 bridgehead atoms. The predicted octanol–water partition coefficient (Wildman–Crippen LogP) is 2.66. The lowest BCUT2D eigenvalue weighted by Crippen LogP contribution is -2.33. The number of hydrogen-bond donors (Lipinski definition) is 2. The standard InChI is InChI=1S/C11H8BrNO4S/c12-9-6(3-4-17-9)10(14)13-8(11(15)16)7-2-1-5-18-7/h1-5,8H,(H,13,14)(H,15,16). The Morgan fingerprint density at radius 1 is 1.44 bits per heavy atom. The number of amides is 1. The summed E-state index contributed by atoms with van der Waals surface area (Å²) in [5.74, 6) is -1.61. The van der Waals surface area contributed by atoms with Gasteiger partial charge in [-0.3, -0.25) is 4.79 Å². The van der Waals surface area contributed by atoms with Gasteiger partial charge in [0.05, 0.1) is 11.8 Å². The van der Waals surface area contributed by atoms with E-state index in [4.69, 9.17) is 9.52 Å². The Labute approximate surface area is 115 Å². The number of halogens is 1. The van der Waals surface area contributed by atoms with Crippen molar-refractivity contribution in [2.75, 3.05) is 0 Å². The maximum Gasteiger partial charge on any atom is 0.331 e. The maximum absolute atomic E-state index is 11.9. The summed E-state index contributed by atoms with van der Waals surface area (Å²) in [7, 11) is 0. The van der Waals surface area contributed by atoms with Crippen LogP contribution in [-0.4, -0.2) is 17.0 Å². The molecule has 2 rings (SSSR count). The molecule has 2 heterocycles. The van der Waals surface area contributed by atoms with Gasteiger partial charge in [0.25, 0.3) is 5.91 Å². The zero-order valence-corrected chi connectivity index (χ0v) is 11.3. The fourth-order valence-electron chi connectivity index (χ4n) is 1.37. The molecule has 0 aliphatic heterocycles. The number of carbonyl (C=O) groups excluding carboxylic acids is 1. The first kappa shape index (κ1) is 12.8. The summed E-state index contributed by atoms with van der Waals surface area (Å²) in [6.07, 6.45) is 1.35. The molecule has 94 valence electrons. The minimum atomic E-state index is -1.11. The van der Waals surface area contributed by atoms with Gasteiger partial charge in [-0.1, -0.05) is 6.07 Å². The van der Waals surface area contributed by atoms with E-state index in [1.54, 1.807) is 17.5 Å². The number of carboxylic acid groups (broad SMARTS) is 1. The number of aliphatic carboxylic acids is 1. The highest BCUT2D eigenvalue weighted by atomic mass is 79.9. The molecule has 0 aliphatic rings. The van der Waals surface area contributed by atoms with E-state index in [9.17, 15) is 9.59 Å². The van der Waals surface area contributed by atoms with E-state index in [0.717, 1.165) is 0 Å². The Morgan fingerprint density at radius 3 is 2.72 bits per heavy atom. The van der Waals surface area contributed by atoms with Crippen molar-refractivity contribution in [2.45, 2.75) is 6.04 Å². The summed E-state index contributed by atoms with van der Waals surface area (Å²) < 4.78 is 5.20. The molecule has 0 fully saturated rings. The highest BCUT2D eigenvalue weighted by Crippen LogP contribution is 2.22. The van der Waals surface area contributed by atoms with Crippen LogP contribution in [-0.2, 0) is 4.79 Å². The molecular formula is C11H8BrNO4S. The van der Waals surface area contributed by atoms with Crippen LogP contribution in [0.4, 0.5) is 0 Å². The second-order valence-corrected chi connectivity index (χ2v) is 5.07. The van der Waals surface area contributed by atoms with E-state index in [1.165, 1.54) is 23.7 Å². The van der Waals surface area contributed by atoms with Gasteiger partial charge in [-0.25, -0.2) is 4.79 Å². The number of thiophene rings is 1. The largest absolute Gasteiger partial charge is 0.479 e. The van der Waals surface area contributed by atoms with Gasteiger partial charge in [0.15, 0.2) is 10.7 Å². The Hall–Kier alpha value is -1.60. The van der Waals surface area contributed by atoms with E-state index in [-0.39, 0.29) is 10.2 Å². The lowest BCUT2D eigenvalue weighted by atomic mass is 10.2. The molecule has 2 aromatic heterocycles. The van der Waals surface area contributed by atoms with E-state index in [1.807, 2.05) is 0 Å². The smallest absolute Gasteiger partial charge is 0.331 e. The Bertz CT molecular complexity index is 563. The molecule has 7 heteroatoms. The van der Waals surface area contributed by atoms with E-state index in [2.05, 4.69) is 21.2 Å². The molecule has 18 heavy (non-hydrogen) atoms. The van der Waals surface area contributed by atoms with Crippen LogP contribution in [0.2, 0.25) is 0 Å². The number of furan rings is 1. The first-order valence-electron chi connectivity index (χ1n) is 4.89. The summed E-state index contributed by atoms with van der Waals surface area (Å²) in [6, 6.07) is 3.80. The summed E-state index contributed by atoms with van der Waals surface area (Å²) >= 11 is 4.34. The molecule has 0 spiro atoms. The van der Waals surface area contributed by atoms with Crippen molar-refractivity contribution in [3.63, 3.8) is 0 Å². The number of rotatable bonds is 4. The predicted molar refractivity (Wildman–Crippen MR) is 68.6 cm³/mol. The third-order valence-corrected chi connectivity index (χ3v) is 3.76. The van der Waals surface area contributed by atoms with Gasteiger partial charge in [0.2, 0.25) is 0 Å². The molecular weight excluding hydrogens is 322 g/mol. The molecule has 0 saturated heterocycles. The minimum absolute atomic E-state index is 0.262. The lowest BCUT2D eigenvalue weighted by Gasteiger charge is -2.12. The van der Waals surface area contributed by atoms with Crippen molar-refractivity contribution < 1.29 is 19.1 Å². The van der Waals surface area contributed by atoms with Gasteiger partial charge in [-0.15, -0.1) is 11.3 Å². The average molecular weight is 330 g/mol. The number of carbonyl (C=O) groups is 2. The van der Waals surface area contributed by atoms with Gasteiger partial charge in [-0.05, 0) is 33.4 Å². The maximum atomic E-state index is 11.9. The third kappa shape index (κ3) is 2.62. The SMILES string of the molecule is O=C(NC(C(=O)O)c1cccs1)c1ccoc1Br. The van der Waals surface area contributed by atoms with Crippen molar-refractivity contribution in [3.8, 4) is 0 Å². The Balaban J connectivity index is 2.18. The van der Waals surface area contributed by atoms with Gasteiger partial charge in [-0.2, -0.15) is 0 Å². The summed E-state index contributed by atoms with van der Waals surface area (Å²) in [4.78, 5) is 23.6. The van der Waals surface area contributed by atoms with Gasteiger partial charge < -0.3 is 14.8 Å². The first-order valence-corrected chi connectivity index (χ1v) is 6.57. The van der Waals surface area contributed by atoms with E-state index >= 15 is 0 Å². The van der Waals surface area contributed by atoms with Crippen LogP contribution >= 0.6 is 27.3 Å². The Morgan fingerprint density at radius 2 is 2.22 bits per heavy atom. The topological polar surface area (TPSA) is 79.5 Å². The zero-order valence-electron chi connectivity index (χ0n) is 8.92. The molecule has 0 aliphatic carbocycles. The van der Waals surface area contributed by atoms with E-state index in [0.29, 0.717) is 4.88 Å². The molecule has 2 aromatic rings. The number of hydrogen-bond acceptors (Lipinski definition) is 4. The van der Waals surface area contributed by atoms with Gasteiger partial charge in [0.1, 0.15) is 0 Å². The van der Waals surface area contributed by atoms with Gasteiger partial charge in [0, 0.05) is 4.88 Å². The molecule has 1 amide bonds. The zero-order chi connectivity index (χ0) is 13.1. The van der Waals surface area contributed by atoms with Crippen molar-refractivity contribution >= 4 is 39.1 Å². The third-order valence-electron chi connectivity index (χ3n) is 2.21. The van der Waals surface area contributed by atoms with Crippen LogP contribution in [0.3, 0.4) is 0 Å². The van der Waals surface area contributed by atoms with E-state index < -0.39 is 17.9 Å². The molecule has 0 radical (unpaired) electrons. The van der Waals surface area contributed by atoms with Crippen molar-refractivity contribution in [3.05, 3.63) is 45.0 Å². The van der Waals surface area contributed by atoms with Crippen molar-refractivity contribution in [2.24, 2.45) is 0 Å². The molecule has 5 nitrogen and oxygen atoms in total. The monoisotopic (exact) mass is 329 g/mol. The number of nitrogens with one attached hydrogen (secondary N) is 1. The first-order chi connectivity index (χ1) is 8.59. The van der Waals surface area contributed by atoms with Gasteiger partial charge >= 0.3 is 5.97 Å². The van der Waals surface area contributed by atoms with Crippen molar-refractivity contribution in [1.82, 2.24) is 5.32 Å². The highest BCUT2D eigenvalue weighted by Gasteiger charge is 2.25. The van der Waals surface area contributed by atoms with Crippen LogP contribution in [0.1, 0.15) is 21.3 Å². The fraction of sp³-hybridized carbons (Fsp3) is 0.0909. The highest BCUT2D eigenvalue weighted by molar-refractivity contribution is 9.10. The molecule has 2 N–H and O–H groups in total. The summed E-state index contributed by atoms with van der Waals surface area (Å²) in [5, 5.41) is 13.3. The second-order valence-electron chi connectivity index (χ2n) is 3.37. The second kappa shape index (κ2) is 5.36. The quantitative estimate of drug-likeness (QED) is 0.903. The van der Waals surface area contributed by atoms with Crippen LogP contribution in [0.15, 0.2) is 38.9 Å². The minimum Gasteiger partial charge on any atom is -0.479 e. The Kier molecular flexibility index (Phi) is 3.83. The van der Waals surface area contributed by atoms with Crippen LogP contribution in [0.5, 0.6) is 0 Å². The van der Waals surface area contributed by atoms with Crippen LogP contribution < -0.4 is 5.32 Å². The lowest BCUT2D eigenvalue weighted by molar-refractivity contribution is -0.139. The summed E-state index contributed by atoms with van der Waals surface area (Å²) in [6.45, 7) is 0. The average Bonchev–Trinajstić information content (AvgIpc) is 2.95. The molecule has 0 saturated carbocycles. The fourth-order valence-corrected chi connectivity index (χ4v) is 2.56. The van der Waals surface area contributed by atoms with Crippen LogP contribution in [0, 0.1) is 0 Å². The van der Waals surface area contributed by atoms with Crippen LogP contribution in [0.25, 0.3) is 0 Å². The molecule has 1 atom stereocenters. The normalized spacial score (nSPS) is 12.1.